The van der Waals surface area contributed by atoms with Crippen LogP contribution in [-0.4, -0.2) is 35.0 Å². The molecule has 2 aliphatic rings. The van der Waals surface area contributed by atoms with Gasteiger partial charge in [-0.1, -0.05) is 18.2 Å². The summed E-state index contributed by atoms with van der Waals surface area (Å²) in [6.07, 6.45) is 5.01. The average molecular weight is 289 g/mol. The Labute approximate surface area is 125 Å². The minimum Gasteiger partial charge on any atom is -0.307 e. The molecule has 5 heteroatoms. The predicted molar refractivity (Wildman–Crippen MR) is 82.3 cm³/mol. The van der Waals surface area contributed by atoms with Crippen LogP contribution in [0.2, 0.25) is 0 Å². The fraction of sp³-hybridized carbons (Fsp3) is 0.625. The van der Waals surface area contributed by atoms with E-state index in [9.17, 15) is 10.1 Å². The molecule has 1 atom stereocenters. The summed E-state index contributed by atoms with van der Waals surface area (Å²) in [6, 6.07) is 8.37. The summed E-state index contributed by atoms with van der Waals surface area (Å²) in [5.74, 6) is 0. The average Bonchev–Trinajstić information content (AvgIpc) is 3.32. The van der Waals surface area contributed by atoms with Crippen molar-refractivity contribution in [1.82, 2.24) is 10.2 Å². The van der Waals surface area contributed by atoms with E-state index in [0.29, 0.717) is 6.04 Å². The molecule has 5 nitrogen and oxygen atoms in total. The van der Waals surface area contributed by atoms with E-state index in [4.69, 9.17) is 0 Å². The molecule has 114 valence electrons. The van der Waals surface area contributed by atoms with Gasteiger partial charge in [-0.05, 0) is 45.7 Å². The van der Waals surface area contributed by atoms with Crippen molar-refractivity contribution in [3.63, 3.8) is 0 Å². The first kappa shape index (κ1) is 14.5. The maximum Gasteiger partial charge on any atom is 0.274 e. The SMILES string of the molecule is CC(NC1CCN(C2CC2)CC1)c1ccccc1[N+](=O)[O-]. The Balaban J connectivity index is 1.59. The molecular formula is C16H23N3O2. The minimum absolute atomic E-state index is 0.0177. The molecule has 1 heterocycles. The van der Waals surface area contributed by atoms with E-state index in [-0.39, 0.29) is 16.7 Å². The number of nitro benzene ring substituents is 1. The summed E-state index contributed by atoms with van der Waals surface area (Å²) in [5, 5.41) is 14.7. The van der Waals surface area contributed by atoms with Crippen molar-refractivity contribution in [3.8, 4) is 0 Å². The quantitative estimate of drug-likeness (QED) is 0.669. The van der Waals surface area contributed by atoms with Gasteiger partial charge in [-0.3, -0.25) is 10.1 Å². The third-order valence-electron chi connectivity index (χ3n) is 4.68. The summed E-state index contributed by atoms with van der Waals surface area (Å²) in [5.41, 5.74) is 1.00. The van der Waals surface area contributed by atoms with Crippen LogP contribution in [0.25, 0.3) is 0 Å². The molecule has 0 spiro atoms. The van der Waals surface area contributed by atoms with E-state index >= 15 is 0 Å². The molecule has 2 fully saturated rings. The second-order valence-corrected chi connectivity index (χ2v) is 6.25. The summed E-state index contributed by atoms with van der Waals surface area (Å²) in [6.45, 7) is 4.34. The van der Waals surface area contributed by atoms with Gasteiger partial charge in [0.1, 0.15) is 0 Å². The van der Waals surface area contributed by atoms with Crippen LogP contribution < -0.4 is 5.32 Å². The topological polar surface area (TPSA) is 58.4 Å². The van der Waals surface area contributed by atoms with Crippen LogP contribution in [0, 0.1) is 10.1 Å². The Hall–Kier alpha value is -1.46. The number of piperidine rings is 1. The molecule has 0 radical (unpaired) electrons. The van der Waals surface area contributed by atoms with Gasteiger partial charge in [-0.2, -0.15) is 0 Å². The summed E-state index contributed by atoms with van der Waals surface area (Å²) >= 11 is 0. The molecule has 3 rings (SSSR count). The zero-order valence-corrected chi connectivity index (χ0v) is 12.5. The number of hydrogen-bond acceptors (Lipinski definition) is 4. The number of rotatable bonds is 5. The molecule has 1 saturated heterocycles. The lowest BCUT2D eigenvalue weighted by molar-refractivity contribution is -0.385. The fourth-order valence-corrected chi connectivity index (χ4v) is 3.33. The Morgan fingerprint density at radius 3 is 2.52 bits per heavy atom. The minimum atomic E-state index is -0.288. The van der Waals surface area contributed by atoms with Crippen molar-refractivity contribution >= 4 is 5.69 Å². The van der Waals surface area contributed by atoms with Crippen LogP contribution in [0.5, 0.6) is 0 Å². The molecule has 0 bridgehead atoms. The van der Waals surface area contributed by atoms with E-state index in [0.717, 1.165) is 37.5 Å². The van der Waals surface area contributed by atoms with Gasteiger partial charge in [0.2, 0.25) is 0 Å². The second kappa shape index (κ2) is 6.12. The highest BCUT2D eigenvalue weighted by Crippen LogP contribution is 2.30. The number of nitro groups is 1. The maximum atomic E-state index is 11.1. The Bertz CT molecular complexity index is 508. The Morgan fingerprint density at radius 1 is 1.24 bits per heavy atom. The number of benzene rings is 1. The lowest BCUT2D eigenvalue weighted by atomic mass is 10.0. The zero-order chi connectivity index (χ0) is 14.8. The first-order chi connectivity index (χ1) is 10.1. The van der Waals surface area contributed by atoms with Gasteiger partial charge in [-0.15, -0.1) is 0 Å². The van der Waals surface area contributed by atoms with Gasteiger partial charge in [0, 0.05) is 29.8 Å². The van der Waals surface area contributed by atoms with Crippen LogP contribution in [0.15, 0.2) is 24.3 Å². The van der Waals surface area contributed by atoms with Crippen molar-refractivity contribution in [3.05, 3.63) is 39.9 Å². The third kappa shape index (κ3) is 3.41. The van der Waals surface area contributed by atoms with Crippen LogP contribution >= 0.6 is 0 Å². The zero-order valence-electron chi connectivity index (χ0n) is 12.5. The van der Waals surface area contributed by atoms with E-state index in [1.165, 1.54) is 12.8 Å². The van der Waals surface area contributed by atoms with E-state index in [2.05, 4.69) is 10.2 Å². The maximum absolute atomic E-state index is 11.1. The summed E-state index contributed by atoms with van der Waals surface area (Å²) < 4.78 is 0. The number of likely N-dealkylation sites (tertiary alicyclic amines) is 1. The molecular weight excluding hydrogens is 266 g/mol. The molecule has 1 aliphatic carbocycles. The van der Waals surface area contributed by atoms with E-state index < -0.39 is 0 Å². The second-order valence-electron chi connectivity index (χ2n) is 6.25. The van der Waals surface area contributed by atoms with Gasteiger partial charge >= 0.3 is 0 Å². The molecule has 21 heavy (non-hydrogen) atoms. The van der Waals surface area contributed by atoms with Crippen molar-refractivity contribution in [2.24, 2.45) is 0 Å². The molecule has 0 amide bonds. The predicted octanol–water partition coefficient (Wildman–Crippen LogP) is 2.87. The van der Waals surface area contributed by atoms with Gasteiger partial charge < -0.3 is 10.2 Å². The monoisotopic (exact) mass is 289 g/mol. The molecule has 1 aromatic carbocycles. The standard InChI is InChI=1S/C16H23N3O2/c1-12(15-4-2-3-5-16(15)19(20)21)17-13-8-10-18(11-9-13)14-6-7-14/h2-5,12-14,17H,6-11H2,1H3. The third-order valence-corrected chi connectivity index (χ3v) is 4.68. The normalized spacial score (nSPS) is 22.1. The van der Waals surface area contributed by atoms with E-state index in [1.54, 1.807) is 12.1 Å². The Morgan fingerprint density at radius 2 is 1.90 bits per heavy atom. The smallest absolute Gasteiger partial charge is 0.274 e. The van der Waals surface area contributed by atoms with E-state index in [1.807, 2.05) is 19.1 Å². The molecule has 0 aromatic heterocycles. The van der Waals surface area contributed by atoms with Crippen LogP contribution in [0.3, 0.4) is 0 Å². The molecule has 1 aliphatic heterocycles. The molecule has 1 N–H and O–H groups in total. The largest absolute Gasteiger partial charge is 0.307 e. The summed E-state index contributed by atoms with van der Waals surface area (Å²) in [4.78, 5) is 13.4. The van der Waals surface area contributed by atoms with Crippen molar-refractivity contribution in [1.29, 1.82) is 0 Å². The summed E-state index contributed by atoms with van der Waals surface area (Å²) in [7, 11) is 0. The van der Waals surface area contributed by atoms with Gasteiger partial charge in [-0.25, -0.2) is 0 Å². The van der Waals surface area contributed by atoms with Crippen LogP contribution in [0.4, 0.5) is 5.69 Å². The van der Waals surface area contributed by atoms with Gasteiger partial charge in [0.05, 0.1) is 4.92 Å². The first-order valence-corrected chi connectivity index (χ1v) is 7.88. The molecule has 1 aromatic rings. The number of hydrogen-bond donors (Lipinski definition) is 1. The van der Waals surface area contributed by atoms with Gasteiger partial charge in [0.15, 0.2) is 0 Å². The number of para-hydroxylation sites is 1. The van der Waals surface area contributed by atoms with Crippen molar-refractivity contribution < 1.29 is 4.92 Å². The molecule has 1 saturated carbocycles. The highest BCUT2D eigenvalue weighted by Gasteiger charge is 2.32. The fourth-order valence-electron chi connectivity index (χ4n) is 3.33. The first-order valence-electron chi connectivity index (χ1n) is 7.88. The van der Waals surface area contributed by atoms with Crippen LogP contribution in [0.1, 0.15) is 44.2 Å². The van der Waals surface area contributed by atoms with Crippen LogP contribution in [-0.2, 0) is 0 Å². The Kier molecular flexibility index (Phi) is 4.22. The highest BCUT2D eigenvalue weighted by molar-refractivity contribution is 5.41. The lowest BCUT2D eigenvalue weighted by Gasteiger charge is -2.34. The van der Waals surface area contributed by atoms with Crippen molar-refractivity contribution in [2.75, 3.05) is 13.1 Å². The number of nitrogens with one attached hydrogen (secondary N) is 1. The lowest BCUT2D eigenvalue weighted by Crippen LogP contribution is -2.44. The highest BCUT2D eigenvalue weighted by atomic mass is 16.6. The number of nitrogens with zero attached hydrogens (tertiary/aromatic N) is 2. The van der Waals surface area contributed by atoms with Crippen molar-refractivity contribution in [2.45, 2.75) is 50.7 Å². The molecule has 1 unspecified atom stereocenters. The van der Waals surface area contributed by atoms with Gasteiger partial charge in [0.25, 0.3) is 5.69 Å².